The molecule has 18 heavy (non-hydrogen) atoms. The first kappa shape index (κ1) is 13.2. The quantitative estimate of drug-likeness (QED) is 0.917. The molecule has 2 rings (SSSR count). The number of ether oxygens (including phenoxy) is 1. The lowest BCUT2D eigenvalue weighted by Crippen LogP contribution is -2.19. The van der Waals surface area contributed by atoms with Crippen LogP contribution in [0.4, 0.5) is 0 Å². The maximum atomic E-state index is 6.08. The van der Waals surface area contributed by atoms with Crippen LogP contribution in [-0.4, -0.2) is 6.61 Å². The highest BCUT2D eigenvalue weighted by molar-refractivity contribution is 6.33. The molecule has 4 heteroatoms. The van der Waals surface area contributed by atoms with Crippen molar-refractivity contribution >= 4 is 23.2 Å². The first-order chi connectivity index (χ1) is 8.66. The molecule has 0 saturated heterocycles. The second-order valence-electron chi connectivity index (χ2n) is 3.90. The molecule has 2 nitrogen and oxygen atoms in total. The molecule has 2 aromatic rings. The van der Waals surface area contributed by atoms with Crippen LogP contribution in [0.3, 0.4) is 0 Å². The molecule has 0 aromatic heterocycles. The Hall–Kier alpha value is -1.22. The van der Waals surface area contributed by atoms with Gasteiger partial charge < -0.3 is 10.5 Å². The molecule has 0 heterocycles. The minimum Gasteiger partial charge on any atom is -0.492 e. The van der Waals surface area contributed by atoms with Gasteiger partial charge in [0.25, 0.3) is 0 Å². The van der Waals surface area contributed by atoms with Crippen molar-refractivity contribution in [2.45, 2.75) is 6.04 Å². The number of nitrogens with two attached hydrogens (primary N) is 1. The molecule has 1 unspecified atom stereocenters. The zero-order valence-corrected chi connectivity index (χ0v) is 11.2. The van der Waals surface area contributed by atoms with E-state index in [2.05, 4.69) is 0 Å². The fourth-order valence-corrected chi connectivity index (χ4v) is 2.03. The van der Waals surface area contributed by atoms with E-state index in [9.17, 15) is 0 Å². The molecule has 0 aliphatic carbocycles. The van der Waals surface area contributed by atoms with Crippen LogP contribution in [0.1, 0.15) is 11.6 Å². The molecule has 94 valence electrons. The number of halogens is 2. The Morgan fingerprint density at radius 1 is 1.06 bits per heavy atom. The largest absolute Gasteiger partial charge is 0.492 e. The molecular weight excluding hydrogens is 269 g/mol. The van der Waals surface area contributed by atoms with E-state index in [1.165, 1.54) is 0 Å². The van der Waals surface area contributed by atoms with Crippen LogP contribution >= 0.6 is 23.2 Å². The Bertz CT molecular complexity index is 516. The highest BCUT2D eigenvalue weighted by atomic mass is 35.5. The van der Waals surface area contributed by atoms with Crippen LogP contribution in [0.2, 0.25) is 10.0 Å². The third-order valence-corrected chi connectivity index (χ3v) is 3.11. The van der Waals surface area contributed by atoms with Gasteiger partial charge in [-0.15, -0.1) is 0 Å². The Balaban J connectivity index is 2.03. The summed E-state index contributed by atoms with van der Waals surface area (Å²) in [5.41, 5.74) is 6.84. The minimum absolute atomic E-state index is 0.309. The van der Waals surface area contributed by atoms with E-state index in [0.717, 1.165) is 11.3 Å². The SMILES string of the molecule is NC(COc1ccccc1)c1cc(Cl)ccc1Cl. The van der Waals surface area contributed by atoms with E-state index in [1.807, 2.05) is 30.3 Å². The zero-order valence-electron chi connectivity index (χ0n) is 9.64. The predicted molar refractivity (Wildman–Crippen MR) is 75.3 cm³/mol. The summed E-state index contributed by atoms with van der Waals surface area (Å²) in [5, 5.41) is 1.22. The summed E-state index contributed by atoms with van der Waals surface area (Å²) in [7, 11) is 0. The molecule has 0 bridgehead atoms. The van der Waals surface area contributed by atoms with Gasteiger partial charge in [0.1, 0.15) is 12.4 Å². The van der Waals surface area contributed by atoms with E-state index in [0.29, 0.717) is 16.7 Å². The van der Waals surface area contributed by atoms with Crippen molar-refractivity contribution in [1.82, 2.24) is 0 Å². The van der Waals surface area contributed by atoms with Crippen LogP contribution in [-0.2, 0) is 0 Å². The Labute approximate surface area is 116 Å². The average Bonchev–Trinajstić information content (AvgIpc) is 2.40. The summed E-state index contributed by atoms with van der Waals surface area (Å²) in [6, 6.07) is 14.4. The summed E-state index contributed by atoms with van der Waals surface area (Å²) in [6.45, 7) is 0.351. The standard InChI is InChI=1S/C14H13Cl2NO/c15-10-6-7-13(16)12(8-10)14(17)9-18-11-4-2-1-3-5-11/h1-8,14H,9,17H2. The molecular formula is C14H13Cl2NO. The van der Waals surface area contributed by atoms with Crippen molar-refractivity contribution in [2.24, 2.45) is 5.73 Å². The van der Waals surface area contributed by atoms with Gasteiger partial charge in [-0.3, -0.25) is 0 Å². The molecule has 0 amide bonds. The lowest BCUT2D eigenvalue weighted by molar-refractivity contribution is 0.291. The second kappa shape index (κ2) is 6.10. The third kappa shape index (κ3) is 3.39. The molecule has 2 aromatic carbocycles. The van der Waals surface area contributed by atoms with Gasteiger partial charge in [0.05, 0.1) is 6.04 Å². The van der Waals surface area contributed by atoms with Gasteiger partial charge >= 0.3 is 0 Å². The fraction of sp³-hybridized carbons (Fsp3) is 0.143. The number of rotatable bonds is 4. The van der Waals surface area contributed by atoms with E-state index >= 15 is 0 Å². The number of hydrogen-bond donors (Lipinski definition) is 1. The third-order valence-electron chi connectivity index (χ3n) is 2.53. The molecule has 0 aliphatic rings. The maximum absolute atomic E-state index is 6.08. The van der Waals surface area contributed by atoms with Gasteiger partial charge in [0.15, 0.2) is 0 Å². The van der Waals surface area contributed by atoms with Crippen LogP contribution in [0.5, 0.6) is 5.75 Å². The van der Waals surface area contributed by atoms with Gasteiger partial charge in [-0.05, 0) is 35.9 Å². The fourth-order valence-electron chi connectivity index (χ4n) is 1.59. The molecule has 1 atom stereocenters. The van der Waals surface area contributed by atoms with Crippen molar-refractivity contribution in [1.29, 1.82) is 0 Å². The van der Waals surface area contributed by atoms with Gasteiger partial charge in [-0.1, -0.05) is 41.4 Å². The highest BCUT2D eigenvalue weighted by Gasteiger charge is 2.11. The van der Waals surface area contributed by atoms with Gasteiger partial charge in [-0.2, -0.15) is 0 Å². The molecule has 2 N–H and O–H groups in total. The van der Waals surface area contributed by atoms with Crippen LogP contribution in [0.15, 0.2) is 48.5 Å². The first-order valence-corrected chi connectivity index (χ1v) is 6.31. The van der Waals surface area contributed by atoms with Crippen molar-refractivity contribution in [3.8, 4) is 5.75 Å². The van der Waals surface area contributed by atoms with Crippen molar-refractivity contribution in [3.63, 3.8) is 0 Å². The lowest BCUT2D eigenvalue weighted by atomic mass is 10.1. The monoisotopic (exact) mass is 281 g/mol. The topological polar surface area (TPSA) is 35.2 Å². The molecule has 0 aliphatic heterocycles. The molecule has 0 saturated carbocycles. The lowest BCUT2D eigenvalue weighted by Gasteiger charge is -2.15. The van der Waals surface area contributed by atoms with Crippen molar-refractivity contribution in [3.05, 3.63) is 64.1 Å². The summed E-state index contributed by atoms with van der Waals surface area (Å²) in [5.74, 6) is 0.783. The summed E-state index contributed by atoms with van der Waals surface area (Å²) in [6.07, 6.45) is 0. The number of benzene rings is 2. The number of para-hydroxylation sites is 1. The first-order valence-electron chi connectivity index (χ1n) is 5.55. The van der Waals surface area contributed by atoms with Gasteiger partial charge in [0.2, 0.25) is 0 Å². The molecule has 0 fully saturated rings. The van der Waals surface area contributed by atoms with Gasteiger partial charge in [0, 0.05) is 10.0 Å². The highest BCUT2D eigenvalue weighted by Crippen LogP contribution is 2.25. The van der Waals surface area contributed by atoms with E-state index < -0.39 is 0 Å². The Morgan fingerprint density at radius 2 is 1.78 bits per heavy atom. The summed E-state index contributed by atoms with van der Waals surface area (Å²) < 4.78 is 5.59. The summed E-state index contributed by atoms with van der Waals surface area (Å²) in [4.78, 5) is 0. The van der Waals surface area contributed by atoms with E-state index in [4.69, 9.17) is 33.7 Å². The van der Waals surface area contributed by atoms with E-state index in [-0.39, 0.29) is 6.04 Å². The molecule has 0 spiro atoms. The van der Waals surface area contributed by atoms with Gasteiger partial charge in [-0.25, -0.2) is 0 Å². The predicted octanol–water partition coefficient (Wildman–Crippen LogP) is 4.07. The average molecular weight is 282 g/mol. The van der Waals surface area contributed by atoms with E-state index in [1.54, 1.807) is 18.2 Å². The second-order valence-corrected chi connectivity index (χ2v) is 4.74. The Morgan fingerprint density at radius 3 is 2.50 bits per heavy atom. The Kier molecular flexibility index (Phi) is 4.48. The van der Waals surface area contributed by atoms with Crippen LogP contribution in [0.25, 0.3) is 0 Å². The number of hydrogen-bond acceptors (Lipinski definition) is 2. The maximum Gasteiger partial charge on any atom is 0.119 e. The van der Waals surface area contributed by atoms with Crippen molar-refractivity contribution in [2.75, 3.05) is 6.61 Å². The minimum atomic E-state index is -0.309. The zero-order chi connectivity index (χ0) is 13.0. The van der Waals surface area contributed by atoms with Crippen molar-refractivity contribution < 1.29 is 4.74 Å². The van der Waals surface area contributed by atoms with Crippen LogP contribution in [0, 0.1) is 0 Å². The summed E-state index contributed by atoms with van der Waals surface area (Å²) >= 11 is 12.0. The molecule has 0 radical (unpaired) electrons. The van der Waals surface area contributed by atoms with Crippen LogP contribution < -0.4 is 10.5 Å². The smallest absolute Gasteiger partial charge is 0.119 e. The normalized spacial score (nSPS) is 12.2.